The highest BCUT2D eigenvalue weighted by molar-refractivity contribution is 6.45. The average molecular weight is 720 g/mol. The monoisotopic (exact) mass is 719 g/mol. The van der Waals surface area contributed by atoms with E-state index in [1.54, 1.807) is 0 Å². The average Bonchev–Trinajstić information content (AvgIpc) is 3.78. The zero-order chi connectivity index (χ0) is 37.8. The van der Waals surface area contributed by atoms with Gasteiger partial charge in [0.1, 0.15) is 0 Å². The summed E-state index contributed by atoms with van der Waals surface area (Å²) in [4.78, 5) is 0. The Balaban J connectivity index is 1.27. The van der Waals surface area contributed by atoms with Gasteiger partial charge in [-0.05, 0) is 151 Å². The van der Waals surface area contributed by atoms with E-state index in [4.69, 9.17) is 0 Å². The van der Waals surface area contributed by atoms with E-state index in [1.807, 2.05) is 19.1 Å². The van der Waals surface area contributed by atoms with Crippen molar-refractivity contribution in [3.8, 4) is 50.6 Å². The van der Waals surface area contributed by atoms with E-state index < -0.39 is 0 Å². The van der Waals surface area contributed by atoms with Gasteiger partial charge in [0.15, 0.2) is 0 Å². The fourth-order valence-electron chi connectivity index (χ4n) is 10.2. The van der Waals surface area contributed by atoms with Gasteiger partial charge in [-0.25, -0.2) is 0 Å². The van der Waals surface area contributed by atoms with E-state index in [2.05, 4.69) is 176 Å². The molecule has 0 aliphatic carbocycles. The summed E-state index contributed by atoms with van der Waals surface area (Å²) < 4.78 is 0. The van der Waals surface area contributed by atoms with Gasteiger partial charge in [-0.3, -0.25) is 0 Å². The lowest BCUT2D eigenvalue weighted by Crippen LogP contribution is -1.91. The molecule has 0 amide bonds. The van der Waals surface area contributed by atoms with Crippen molar-refractivity contribution in [3.05, 3.63) is 193 Å². The standard InChI is InChI=1S/C56H33N/c1-33-38(32-57)20-11-23-39(33)36-18-10-19-37(30-36)40-28-29-47-52-43(40)24-12-27-46(52)56-51(35-16-6-3-7-17-35)54-45-26-13-25-44-41-21-8-9-22-42(41)48(53(44)45)31-49(54)50(55(47)56)34-14-4-2-5-15-34/h2-31H,1H3. The van der Waals surface area contributed by atoms with Crippen molar-refractivity contribution in [2.45, 2.75) is 6.92 Å². The first-order valence-electron chi connectivity index (χ1n) is 19.7. The van der Waals surface area contributed by atoms with Crippen molar-refractivity contribution in [1.29, 1.82) is 5.26 Å². The molecular weight excluding hydrogens is 687 g/mol. The van der Waals surface area contributed by atoms with Crippen molar-refractivity contribution < 1.29 is 0 Å². The Morgan fingerprint density at radius 1 is 0.316 bits per heavy atom. The fourth-order valence-corrected chi connectivity index (χ4v) is 10.2. The molecule has 0 saturated heterocycles. The lowest BCUT2D eigenvalue weighted by atomic mass is 9.84. The van der Waals surface area contributed by atoms with Gasteiger partial charge in [0, 0.05) is 0 Å². The zero-order valence-corrected chi connectivity index (χ0v) is 31.3. The second-order valence-corrected chi connectivity index (χ2v) is 15.4. The number of hydrogen-bond donors (Lipinski definition) is 0. The maximum absolute atomic E-state index is 9.79. The molecule has 0 aliphatic heterocycles. The van der Waals surface area contributed by atoms with Crippen LogP contribution in [0.25, 0.3) is 120 Å². The van der Waals surface area contributed by atoms with Gasteiger partial charge in [-0.2, -0.15) is 5.26 Å². The third kappa shape index (κ3) is 4.39. The topological polar surface area (TPSA) is 23.8 Å². The van der Waals surface area contributed by atoms with E-state index in [-0.39, 0.29) is 0 Å². The molecule has 0 atom stereocenters. The first-order valence-corrected chi connectivity index (χ1v) is 19.7. The Bertz CT molecular complexity index is 3630. The van der Waals surface area contributed by atoms with Crippen LogP contribution in [0.5, 0.6) is 0 Å². The zero-order valence-electron chi connectivity index (χ0n) is 31.3. The molecule has 12 aromatic carbocycles. The molecule has 0 aromatic heterocycles. The molecule has 12 rings (SSSR count). The van der Waals surface area contributed by atoms with Gasteiger partial charge in [0.05, 0.1) is 11.6 Å². The maximum atomic E-state index is 9.79. The summed E-state index contributed by atoms with van der Waals surface area (Å²) in [6.07, 6.45) is 0. The highest BCUT2D eigenvalue weighted by atomic mass is 14.3. The molecule has 1 nitrogen and oxygen atoms in total. The normalized spacial score (nSPS) is 11.9. The van der Waals surface area contributed by atoms with Crippen LogP contribution in [0.1, 0.15) is 11.1 Å². The van der Waals surface area contributed by atoms with Gasteiger partial charge in [-0.15, -0.1) is 0 Å². The van der Waals surface area contributed by atoms with Crippen LogP contribution in [0, 0.1) is 18.3 Å². The minimum atomic E-state index is 0.711. The molecule has 0 unspecified atom stereocenters. The minimum absolute atomic E-state index is 0.711. The predicted octanol–water partition coefficient (Wildman–Crippen LogP) is 15.5. The third-order valence-corrected chi connectivity index (χ3v) is 12.6. The fraction of sp³-hybridized carbons (Fsp3) is 0.0179. The molecule has 57 heavy (non-hydrogen) atoms. The van der Waals surface area contributed by atoms with E-state index >= 15 is 0 Å². The highest BCUT2D eigenvalue weighted by Crippen LogP contribution is 2.55. The van der Waals surface area contributed by atoms with Crippen molar-refractivity contribution >= 4 is 75.4 Å². The Morgan fingerprint density at radius 2 is 0.825 bits per heavy atom. The van der Waals surface area contributed by atoms with E-state index in [0.717, 1.165) is 22.3 Å². The molecular formula is C56H33N. The molecule has 12 aromatic rings. The molecule has 0 aliphatic rings. The van der Waals surface area contributed by atoms with Crippen LogP contribution in [0.2, 0.25) is 0 Å². The van der Waals surface area contributed by atoms with Crippen molar-refractivity contribution in [2.75, 3.05) is 0 Å². The Hall–Kier alpha value is -7.53. The van der Waals surface area contributed by atoms with Gasteiger partial charge in [-0.1, -0.05) is 164 Å². The van der Waals surface area contributed by atoms with Gasteiger partial charge >= 0.3 is 0 Å². The summed E-state index contributed by atoms with van der Waals surface area (Å²) in [5, 5.41) is 27.9. The van der Waals surface area contributed by atoms with Gasteiger partial charge < -0.3 is 0 Å². The molecule has 1 heteroatoms. The van der Waals surface area contributed by atoms with Gasteiger partial charge in [0.25, 0.3) is 0 Å². The van der Waals surface area contributed by atoms with Crippen LogP contribution >= 0.6 is 0 Å². The highest BCUT2D eigenvalue weighted by Gasteiger charge is 2.27. The summed E-state index contributed by atoms with van der Waals surface area (Å²) in [5.74, 6) is 0. The maximum Gasteiger partial charge on any atom is 0.0994 e. The lowest BCUT2D eigenvalue weighted by molar-refractivity contribution is 1.39. The predicted molar refractivity (Wildman–Crippen MR) is 243 cm³/mol. The quantitative estimate of drug-likeness (QED) is 0.166. The number of fused-ring (bicyclic) bond motifs is 8. The molecule has 0 N–H and O–H groups in total. The minimum Gasteiger partial charge on any atom is -0.192 e. The number of benzene rings is 10. The third-order valence-electron chi connectivity index (χ3n) is 12.6. The second kappa shape index (κ2) is 12.0. The van der Waals surface area contributed by atoms with Crippen LogP contribution in [-0.2, 0) is 0 Å². The molecule has 0 spiro atoms. The van der Waals surface area contributed by atoms with Crippen LogP contribution < -0.4 is 0 Å². The van der Waals surface area contributed by atoms with E-state index in [0.29, 0.717) is 5.56 Å². The molecule has 0 heterocycles. The lowest BCUT2D eigenvalue weighted by Gasteiger charge is -2.19. The number of hydrogen-bond acceptors (Lipinski definition) is 1. The summed E-state index contributed by atoms with van der Waals surface area (Å²) in [6.45, 7) is 2.05. The summed E-state index contributed by atoms with van der Waals surface area (Å²) in [5.41, 5.74) is 11.3. The number of rotatable bonds is 4. The molecule has 0 radical (unpaired) electrons. The van der Waals surface area contributed by atoms with Crippen molar-refractivity contribution in [1.82, 2.24) is 0 Å². The Labute approximate surface area is 330 Å². The summed E-state index contributed by atoms with van der Waals surface area (Å²) >= 11 is 0. The summed E-state index contributed by atoms with van der Waals surface area (Å²) in [7, 11) is 0. The van der Waals surface area contributed by atoms with E-state index in [1.165, 1.54) is 103 Å². The van der Waals surface area contributed by atoms with E-state index in [9.17, 15) is 5.26 Å². The van der Waals surface area contributed by atoms with Crippen LogP contribution in [0.4, 0.5) is 0 Å². The summed E-state index contributed by atoms with van der Waals surface area (Å²) in [6, 6.07) is 69.2. The van der Waals surface area contributed by atoms with Gasteiger partial charge in [0.2, 0.25) is 0 Å². The number of nitriles is 1. The first-order chi connectivity index (χ1) is 28.2. The molecule has 0 bridgehead atoms. The largest absolute Gasteiger partial charge is 0.192 e. The number of nitrogens with zero attached hydrogens (tertiary/aromatic N) is 1. The SMILES string of the molecule is Cc1c(C#N)cccc1-c1cccc(-c2ccc3c4c(-c5ccccc5)c5cc6c7ccccc7c7cccc(c5c(-c5ccccc5)c4c4cccc2c34)c76)c1. The Morgan fingerprint density at radius 3 is 1.56 bits per heavy atom. The molecule has 0 saturated carbocycles. The van der Waals surface area contributed by atoms with Crippen molar-refractivity contribution in [3.63, 3.8) is 0 Å². The van der Waals surface area contributed by atoms with Crippen LogP contribution in [0.15, 0.2) is 182 Å². The first kappa shape index (κ1) is 31.8. The second-order valence-electron chi connectivity index (χ2n) is 15.4. The van der Waals surface area contributed by atoms with Crippen LogP contribution in [-0.4, -0.2) is 0 Å². The smallest absolute Gasteiger partial charge is 0.0994 e. The van der Waals surface area contributed by atoms with Crippen LogP contribution in [0.3, 0.4) is 0 Å². The molecule has 0 fully saturated rings. The Kier molecular flexibility index (Phi) is 6.68. The molecule has 262 valence electrons. The van der Waals surface area contributed by atoms with Crippen molar-refractivity contribution in [2.24, 2.45) is 0 Å².